The van der Waals surface area contributed by atoms with Gasteiger partial charge in [0.05, 0.1) is 11.4 Å². The fourth-order valence-corrected chi connectivity index (χ4v) is 3.09. The SMILES string of the molecule is CC(C)(C)c1ccc(S(=O)(=O)NCC#CCOc2ccc(F)cc2F)cc1. The van der Waals surface area contributed by atoms with Crippen molar-refractivity contribution >= 4 is 10.0 Å². The molecular weight excluding hydrogens is 372 g/mol. The Morgan fingerprint density at radius 3 is 2.30 bits per heavy atom. The molecule has 0 aliphatic heterocycles. The third-order valence-electron chi connectivity index (χ3n) is 3.70. The lowest BCUT2D eigenvalue weighted by molar-refractivity contribution is 0.346. The standard InChI is InChI=1S/C20H21F2NO3S/c1-20(2,3)15-6-9-17(10-7-15)27(24,25)23-12-4-5-13-26-19-11-8-16(21)14-18(19)22/h6-11,14,23H,12-13H2,1-3H3. The maximum atomic E-state index is 13.4. The number of halogens is 2. The van der Waals surface area contributed by atoms with E-state index in [1.165, 1.54) is 0 Å². The van der Waals surface area contributed by atoms with Gasteiger partial charge in [-0.3, -0.25) is 0 Å². The van der Waals surface area contributed by atoms with E-state index in [1.54, 1.807) is 24.3 Å². The quantitative estimate of drug-likeness (QED) is 0.790. The molecule has 0 saturated carbocycles. The van der Waals surface area contributed by atoms with Crippen molar-refractivity contribution in [3.63, 3.8) is 0 Å². The largest absolute Gasteiger partial charge is 0.478 e. The second kappa shape index (κ2) is 8.51. The van der Waals surface area contributed by atoms with E-state index in [0.717, 1.165) is 17.7 Å². The molecule has 0 atom stereocenters. The molecule has 7 heteroatoms. The highest BCUT2D eigenvalue weighted by atomic mass is 32.2. The number of ether oxygens (including phenoxy) is 1. The third kappa shape index (κ3) is 6.05. The van der Waals surface area contributed by atoms with Crippen molar-refractivity contribution in [3.05, 3.63) is 59.7 Å². The zero-order chi connectivity index (χ0) is 20.1. The number of hydrogen-bond acceptors (Lipinski definition) is 3. The summed E-state index contributed by atoms with van der Waals surface area (Å²) in [5, 5.41) is 0. The highest BCUT2D eigenvalue weighted by Crippen LogP contribution is 2.23. The van der Waals surface area contributed by atoms with Crippen LogP contribution in [-0.2, 0) is 15.4 Å². The van der Waals surface area contributed by atoms with Gasteiger partial charge in [-0.25, -0.2) is 17.2 Å². The Hall–Kier alpha value is -2.43. The van der Waals surface area contributed by atoms with E-state index in [9.17, 15) is 17.2 Å². The molecule has 2 aromatic rings. The molecule has 144 valence electrons. The van der Waals surface area contributed by atoms with Gasteiger partial charge in [-0.15, -0.1) is 0 Å². The maximum absolute atomic E-state index is 13.4. The number of nitrogens with one attached hydrogen (secondary N) is 1. The summed E-state index contributed by atoms with van der Waals surface area (Å²) in [7, 11) is -3.67. The van der Waals surface area contributed by atoms with Crippen LogP contribution in [0.2, 0.25) is 0 Å². The van der Waals surface area contributed by atoms with Crippen molar-refractivity contribution in [1.82, 2.24) is 4.72 Å². The number of rotatable bonds is 5. The van der Waals surface area contributed by atoms with E-state index in [-0.39, 0.29) is 29.2 Å². The molecule has 0 saturated heterocycles. The Balaban J connectivity index is 1.88. The predicted octanol–water partition coefficient (Wildman–Crippen LogP) is 3.62. The molecule has 0 amide bonds. The van der Waals surface area contributed by atoms with Crippen LogP contribution in [0.25, 0.3) is 0 Å². The van der Waals surface area contributed by atoms with Crippen LogP contribution in [0.15, 0.2) is 47.4 Å². The van der Waals surface area contributed by atoms with Crippen LogP contribution in [-0.4, -0.2) is 21.6 Å². The molecule has 0 fully saturated rings. The minimum atomic E-state index is -3.67. The van der Waals surface area contributed by atoms with E-state index >= 15 is 0 Å². The first-order valence-electron chi connectivity index (χ1n) is 8.23. The lowest BCUT2D eigenvalue weighted by atomic mass is 9.87. The molecule has 4 nitrogen and oxygen atoms in total. The molecule has 0 bridgehead atoms. The molecule has 1 N–H and O–H groups in total. The number of benzene rings is 2. The third-order valence-corrected chi connectivity index (χ3v) is 5.12. The average molecular weight is 393 g/mol. The van der Waals surface area contributed by atoms with E-state index in [1.807, 2.05) is 20.8 Å². The Bertz CT molecular complexity index is 953. The summed E-state index contributed by atoms with van der Waals surface area (Å²) in [6.07, 6.45) is 0. The van der Waals surface area contributed by atoms with E-state index < -0.39 is 21.7 Å². The van der Waals surface area contributed by atoms with Crippen molar-refractivity contribution in [2.45, 2.75) is 31.1 Å². The van der Waals surface area contributed by atoms with Gasteiger partial charge in [0.2, 0.25) is 10.0 Å². The van der Waals surface area contributed by atoms with Gasteiger partial charge in [0, 0.05) is 6.07 Å². The molecule has 2 rings (SSSR count). The topological polar surface area (TPSA) is 55.4 Å². The van der Waals surface area contributed by atoms with Gasteiger partial charge in [-0.05, 0) is 35.2 Å². The Morgan fingerprint density at radius 2 is 1.70 bits per heavy atom. The maximum Gasteiger partial charge on any atom is 0.241 e. The van der Waals surface area contributed by atoms with Crippen LogP contribution < -0.4 is 9.46 Å². The summed E-state index contributed by atoms with van der Waals surface area (Å²) in [5.41, 5.74) is 0.969. The average Bonchev–Trinajstić information content (AvgIpc) is 2.59. The van der Waals surface area contributed by atoms with E-state index in [4.69, 9.17) is 4.74 Å². The summed E-state index contributed by atoms with van der Waals surface area (Å²) in [6, 6.07) is 9.62. The molecule has 0 aliphatic rings. The van der Waals surface area contributed by atoms with Crippen LogP contribution in [0.1, 0.15) is 26.3 Å². The van der Waals surface area contributed by atoms with Gasteiger partial charge >= 0.3 is 0 Å². The zero-order valence-electron chi connectivity index (χ0n) is 15.3. The fourth-order valence-electron chi connectivity index (χ4n) is 2.17. The lowest BCUT2D eigenvalue weighted by Gasteiger charge is -2.19. The molecule has 0 heterocycles. The molecule has 2 aromatic carbocycles. The van der Waals surface area contributed by atoms with Crippen molar-refractivity contribution in [2.75, 3.05) is 13.2 Å². The fraction of sp³-hybridized carbons (Fsp3) is 0.300. The second-order valence-electron chi connectivity index (χ2n) is 6.82. The first-order chi connectivity index (χ1) is 12.6. The van der Waals surface area contributed by atoms with E-state index in [0.29, 0.717) is 6.07 Å². The van der Waals surface area contributed by atoms with Crippen LogP contribution in [0.4, 0.5) is 8.78 Å². The summed E-state index contributed by atoms with van der Waals surface area (Å²) in [6.45, 7) is 5.88. The molecule has 0 unspecified atom stereocenters. The van der Waals surface area contributed by atoms with Crippen LogP contribution in [0.5, 0.6) is 5.75 Å². The van der Waals surface area contributed by atoms with Gasteiger partial charge in [-0.2, -0.15) is 4.72 Å². The Morgan fingerprint density at radius 1 is 1.04 bits per heavy atom. The summed E-state index contributed by atoms with van der Waals surface area (Å²) in [5.74, 6) is 3.51. The number of hydrogen-bond donors (Lipinski definition) is 1. The summed E-state index contributed by atoms with van der Waals surface area (Å²) < 4.78 is 58.0. The zero-order valence-corrected chi connectivity index (χ0v) is 16.2. The van der Waals surface area contributed by atoms with Gasteiger partial charge < -0.3 is 4.74 Å². The van der Waals surface area contributed by atoms with Crippen LogP contribution in [0.3, 0.4) is 0 Å². The van der Waals surface area contributed by atoms with Crippen LogP contribution >= 0.6 is 0 Å². The second-order valence-corrected chi connectivity index (χ2v) is 8.58. The number of sulfonamides is 1. The van der Waals surface area contributed by atoms with Crippen molar-refractivity contribution in [2.24, 2.45) is 0 Å². The highest BCUT2D eigenvalue weighted by Gasteiger charge is 2.16. The van der Waals surface area contributed by atoms with Crippen molar-refractivity contribution < 1.29 is 21.9 Å². The molecular formula is C20H21F2NO3S. The van der Waals surface area contributed by atoms with Gasteiger partial charge in [0.25, 0.3) is 0 Å². The molecule has 0 aliphatic carbocycles. The smallest absolute Gasteiger partial charge is 0.241 e. The van der Waals surface area contributed by atoms with Crippen molar-refractivity contribution in [1.29, 1.82) is 0 Å². The highest BCUT2D eigenvalue weighted by molar-refractivity contribution is 7.89. The van der Waals surface area contributed by atoms with Gasteiger partial charge in [0.15, 0.2) is 11.6 Å². The lowest BCUT2D eigenvalue weighted by Crippen LogP contribution is -2.24. The van der Waals surface area contributed by atoms with Crippen molar-refractivity contribution in [3.8, 4) is 17.6 Å². The molecule has 0 aromatic heterocycles. The van der Waals surface area contributed by atoms with Gasteiger partial charge in [-0.1, -0.05) is 44.7 Å². The van der Waals surface area contributed by atoms with E-state index in [2.05, 4.69) is 16.6 Å². The Labute approximate surface area is 158 Å². The molecule has 0 spiro atoms. The van der Waals surface area contributed by atoms with Gasteiger partial charge in [0.1, 0.15) is 12.4 Å². The Kier molecular flexibility index (Phi) is 6.58. The minimum absolute atomic E-state index is 0.0643. The summed E-state index contributed by atoms with van der Waals surface area (Å²) >= 11 is 0. The monoisotopic (exact) mass is 393 g/mol. The first kappa shape index (κ1) is 20.9. The summed E-state index contributed by atoms with van der Waals surface area (Å²) in [4.78, 5) is 0.155. The van der Waals surface area contributed by atoms with Crippen LogP contribution in [0, 0.1) is 23.5 Å². The normalized spacial score (nSPS) is 11.6. The molecule has 27 heavy (non-hydrogen) atoms. The first-order valence-corrected chi connectivity index (χ1v) is 9.72. The predicted molar refractivity (Wildman–Crippen MR) is 100.0 cm³/mol. The molecule has 0 radical (unpaired) electrons. The minimum Gasteiger partial charge on any atom is -0.478 e.